The second-order valence-electron chi connectivity index (χ2n) is 4.07. The van der Waals surface area contributed by atoms with Crippen LogP contribution in [-0.2, 0) is 14.8 Å². The molecule has 8 heteroatoms. The van der Waals surface area contributed by atoms with E-state index in [1.165, 1.54) is 12.1 Å². The van der Waals surface area contributed by atoms with E-state index in [0.717, 1.165) is 4.31 Å². The summed E-state index contributed by atoms with van der Waals surface area (Å²) >= 11 is 3.22. The SMILES string of the molecule is CCNC(=O)CN(CC)S(=O)(=O)c1cc(Br)ccc1N. The molecule has 0 aromatic heterocycles. The van der Waals surface area contributed by atoms with Crippen LogP contribution in [0.4, 0.5) is 5.69 Å². The number of carbonyl (C=O) groups is 1. The van der Waals surface area contributed by atoms with Gasteiger partial charge in [-0.05, 0) is 25.1 Å². The van der Waals surface area contributed by atoms with Gasteiger partial charge in [-0.25, -0.2) is 8.42 Å². The quantitative estimate of drug-likeness (QED) is 0.742. The highest BCUT2D eigenvalue weighted by atomic mass is 79.9. The highest BCUT2D eigenvalue weighted by Gasteiger charge is 2.27. The Bertz CT molecular complexity index is 590. The molecule has 0 saturated heterocycles. The van der Waals surface area contributed by atoms with E-state index in [2.05, 4.69) is 21.2 Å². The van der Waals surface area contributed by atoms with Crippen molar-refractivity contribution in [2.45, 2.75) is 18.7 Å². The normalized spacial score (nSPS) is 11.6. The zero-order valence-electron chi connectivity index (χ0n) is 11.4. The molecule has 0 spiro atoms. The standard InChI is InChI=1S/C12H18BrN3O3S/c1-3-15-12(17)8-16(4-2)20(18,19)11-7-9(13)5-6-10(11)14/h5-7H,3-4,8,14H2,1-2H3,(H,15,17). The van der Waals surface area contributed by atoms with E-state index in [-0.39, 0.29) is 29.6 Å². The van der Waals surface area contributed by atoms with Gasteiger partial charge >= 0.3 is 0 Å². The van der Waals surface area contributed by atoms with Crippen LogP contribution in [0.15, 0.2) is 27.6 Å². The highest BCUT2D eigenvalue weighted by molar-refractivity contribution is 9.10. The van der Waals surface area contributed by atoms with E-state index in [9.17, 15) is 13.2 Å². The molecule has 1 aromatic rings. The summed E-state index contributed by atoms with van der Waals surface area (Å²) in [4.78, 5) is 11.6. The van der Waals surface area contributed by atoms with Gasteiger partial charge in [0.05, 0.1) is 12.2 Å². The molecule has 1 rings (SSSR count). The summed E-state index contributed by atoms with van der Waals surface area (Å²) in [7, 11) is -3.80. The Morgan fingerprint density at radius 3 is 2.60 bits per heavy atom. The molecule has 0 heterocycles. The first-order valence-corrected chi connectivity index (χ1v) is 8.38. The predicted octanol–water partition coefficient (Wildman–Crippen LogP) is 1.18. The molecule has 0 fully saturated rings. The van der Waals surface area contributed by atoms with E-state index in [4.69, 9.17) is 5.73 Å². The molecule has 0 radical (unpaired) electrons. The lowest BCUT2D eigenvalue weighted by Gasteiger charge is -2.21. The van der Waals surface area contributed by atoms with Gasteiger partial charge in [0.1, 0.15) is 4.90 Å². The predicted molar refractivity (Wildman–Crippen MR) is 81.7 cm³/mol. The number of nitrogens with one attached hydrogen (secondary N) is 1. The van der Waals surface area contributed by atoms with Crippen molar-refractivity contribution >= 4 is 37.5 Å². The lowest BCUT2D eigenvalue weighted by atomic mass is 10.3. The molecule has 3 N–H and O–H groups in total. The van der Waals surface area contributed by atoms with E-state index < -0.39 is 10.0 Å². The maximum atomic E-state index is 12.5. The minimum atomic E-state index is -3.80. The summed E-state index contributed by atoms with van der Waals surface area (Å²) in [6.07, 6.45) is 0. The molecule has 0 atom stereocenters. The number of nitrogens with zero attached hydrogens (tertiary/aromatic N) is 1. The number of anilines is 1. The van der Waals surface area contributed by atoms with Gasteiger partial charge in [-0.2, -0.15) is 4.31 Å². The number of sulfonamides is 1. The number of halogens is 1. The van der Waals surface area contributed by atoms with Crippen molar-refractivity contribution in [2.24, 2.45) is 0 Å². The van der Waals surface area contributed by atoms with E-state index in [1.807, 2.05) is 0 Å². The van der Waals surface area contributed by atoms with E-state index >= 15 is 0 Å². The summed E-state index contributed by atoms with van der Waals surface area (Å²) in [6.45, 7) is 3.86. The Balaban J connectivity index is 3.12. The number of benzene rings is 1. The molecule has 0 aliphatic rings. The van der Waals surface area contributed by atoms with Crippen molar-refractivity contribution in [1.82, 2.24) is 9.62 Å². The smallest absolute Gasteiger partial charge is 0.245 e. The van der Waals surface area contributed by atoms with Gasteiger partial charge < -0.3 is 11.1 Å². The van der Waals surface area contributed by atoms with Crippen LogP contribution in [-0.4, -0.2) is 38.3 Å². The Kier molecular flexibility index (Phi) is 5.97. The van der Waals surface area contributed by atoms with Crippen LogP contribution >= 0.6 is 15.9 Å². The monoisotopic (exact) mass is 363 g/mol. The van der Waals surface area contributed by atoms with Crippen molar-refractivity contribution in [2.75, 3.05) is 25.4 Å². The van der Waals surface area contributed by atoms with Crippen LogP contribution in [0, 0.1) is 0 Å². The van der Waals surface area contributed by atoms with Gasteiger partial charge in [-0.1, -0.05) is 22.9 Å². The number of nitrogen functional groups attached to an aromatic ring is 1. The lowest BCUT2D eigenvalue weighted by molar-refractivity contribution is -0.121. The van der Waals surface area contributed by atoms with Crippen molar-refractivity contribution < 1.29 is 13.2 Å². The van der Waals surface area contributed by atoms with Crippen LogP contribution in [0.5, 0.6) is 0 Å². The van der Waals surface area contributed by atoms with Crippen LogP contribution in [0.2, 0.25) is 0 Å². The Morgan fingerprint density at radius 2 is 2.05 bits per heavy atom. The fourth-order valence-corrected chi connectivity index (χ4v) is 3.71. The number of amides is 1. The Hall–Kier alpha value is -1.12. The van der Waals surface area contributed by atoms with Crippen LogP contribution in [0.3, 0.4) is 0 Å². The molecule has 1 amide bonds. The average molecular weight is 364 g/mol. The fraction of sp³-hybridized carbons (Fsp3) is 0.417. The number of hydrogen-bond donors (Lipinski definition) is 2. The molecule has 0 aliphatic carbocycles. The fourth-order valence-electron chi connectivity index (χ4n) is 1.65. The summed E-state index contributed by atoms with van der Waals surface area (Å²) < 4.78 is 26.7. The molecule has 0 bridgehead atoms. The third kappa shape index (κ3) is 3.94. The highest BCUT2D eigenvalue weighted by Crippen LogP contribution is 2.25. The summed E-state index contributed by atoms with van der Waals surface area (Å²) in [6, 6.07) is 4.61. The first kappa shape index (κ1) is 16.9. The third-order valence-corrected chi connectivity index (χ3v) is 5.11. The van der Waals surface area contributed by atoms with E-state index in [0.29, 0.717) is 11.0 Å². The molecule has 1 aromatic carbocycles. The van der Waals surface area contributed by atoms with Gasteiger partial charge in [0.25, 0.3) is 0 Å². The van der Waals surface area contributed by atoms with Gasteiger partial charge in [0.15, 0.2) is 0 Å². The maximum absolute atomic E-state index is 12.5. The van der Waals surface area contributed by atoms with E-state index in [1.54, 1.807) is 19.9 Å². The number of rotatable bonds is 6. The topological polar surface area (TPSA) is 92.5 Å². The third-order valence-electron chi connectivity index (χ3n) is 2.64. The molecule has 0 aliphatic heterocycles. The summed E-state index contributed by atoms with van der Waals surface area (Å²) in [5, 5.41) is 2.57. The minimum absolute atomic E-state index is 0.00183. The number of nitrogens with two attached hydrogens (primary N) is 1. The second-order valence-corrected chi connectivity index (χ2v) is 6.89. The van der Waals surface area contributed by atoms with Crippen molar-refractivity contribution in [3.63, 3.8) is 0 Å². The van der Waals surface area contributed by atoms with Gasteiger partial charge in [0, 0.05) is 17.6 Å². The van der Waals surface area contributed by atoms with Gasteiger partial charge in [-0.3, -0.25) is 4.79 Å². The molecule has 112 valence electrons. The maximum Gasteiger partial charge on any atom is 0.245 e. The second kappa shape index (κ2) is 7.05. The zero-order valence-corrected chi connectivity index (χ0v) is 13.8. The largest absolute Gasteiger partial charge is 0.398 e. The van der Waals surface area contributed by atoms with Crippen LogP contribution in [0.1, 0.15) is 13.8 Å². The molecule has 0 saturated carbocycles. The Morgan fingerprint density at radius 1 is 1.40 bits per heavy atom. The van der Waals surface area contributed by atoms with Crippen LogP contribution in [0.25, 0.3) is 0 Å². The average Bonchev–Trinajstić information content (AvgIpc) is 2.38. The lowest BCUT2D eigenvalue weighted by Crippen LogP contribution is -2.40. The van der Waals surface area contributed by atoms with Gasteiger partial charge in [0.2, 0.25) is 15.9 Å². The van der Waals surface area contributed by atoms with Crippen molar-refractivity contribution in [3.05, 3.63) is 22.7 Å². The van der Waals surface area contributed by atoms with Crippen molar-refractivity contribution in [1.29, 1.82) is 0 Å². The molecular weight excluding hydrogens is 346 g/mol. The minimum Gasteiger partial charge on any atom is -0.398 e. The number of hydrogen-bond acceptors (Lipinski definition) is 4. The molecule has 6 nitrogen and oxygen atoms in total. The number of likely N-dealkylation sites (N-methyl/N-ethyl adjacent to an activating group) is 2. The number of carbonyl (C=O) groups excluding carboxylic acids is 1. The molecular formula is C12H18BrN3O3S. The molecule has 20 heavy (non-hydrogen) atoms. The first-order valence-electron chi connectivity index (χ1n) is 6.14. The zero-order chi connectivity index (χ0) is 15.3. The Labute approximate surface area is 127 Å². The first-order chi connectivity index (χ1) is 9.32. The van der Waals surface area contributed by atoms with Gasteiger partial charge in [-0.15, -0.1) is 0 Å². The summed E-state index contributed by atoms with van der Waals surface area (Å²) in [5.41, 5.74) is 5.89. The van der Waals surface area contributed by atoms with Crippen molar-refractivity contribution in [3.8, 4) is 0 Å². The molecule has 0 unspecified atom stereocenters. The summed E-state index contributed by atoms with van der Waals surface area (Å²) in [5.74, 6) is -0.341. The van der Waals surface area contributed by atoms with Crippen LogP contribution < -0.4 is 11.1 Å².